The van der Waals surface area contributed by atoms with Crippen LogP contribution in [0.15, 0.2) is 42.6 Å². The number of carboxylic acids is 1. The molecule has 4 aromatic rings. The molecule has 0 bridgehead atoms. The number of ether oxygens (including phenoxy) is 2. The number of carboxylic acid groups (broad SMARTS) is 1. The lowest BCUT2D eigenvalue weighted by atomic mass is 9.85. The number of nitrogens with zero attached hydrogens (tertiary/aromatic N) is 2. The van der Waals surface area contributed by atoms with Crippen molar-refractivity contribution in [2.24, 2.45) is 0 Å². The van der Waals surface area contributed by atoms with Gasteiger partial charge < -0.3 is 14.6 Å². The van der Waals surface area contributed by atoms with Crippen LogP contribution < -0.4 is 4.74 Å². The number of hydrogen-bond acceptors (Lipinski definition) is 5. The van der Waals surface area contributed by atoms with Gasteiger partial charge in [-0.3, -0.25) is 4.98 Å². The van der Waals surface area contributed by atoms with Crippen LogP contribution in [-0.4, -0.2) is 28.3 Å². The Bertz CT molecular complexity index is 1590. The summed E-state index contributed by atoms with van der Waals surface area (Å²) in [4.78, 5) is 17.2. The third-order valence-corrected chi connectivity index (χ3v) is 6.39. The van der Waals surface area contributed by atoms with Gasteiger partial charge in [0, 0.05) is 29.1 Å². The van der Waals surface area contributed by atoms with Crippen molar-refractivity contribution in [2.45, 2.75) is 45.8 Å². The average molecular weight is 485 g/mol. The van der Waals surface area contributed by atoms with Crippen molar-refractivity contribution in [3.8, 4) is 22.9 Å². The fraction of sp³-hybridized carbons (Fsp3) is 0.276. The Hall–Kier alpha value is -4.02. The summed E-state index contributed by atoms with van der Waals surface area (Å²) in [5.74, 6) is -1.12. The van der Waals surface area contributed by atoms with Gasteiger partial charge in [-0.1, -0.05) is 6.07 Å². The molecule has 36 heavy (non-hydrogen) atoms. The summed E-state index contributed by atoms with van der Waals surface area (Å²) in [6.07, 6.45) is 1.13. The van der Waals surface area contributed by atoms with Gasteiger partial charge in [-0.05, 0) is 85.5 Å². The summed E-state index contributed by atoms with van der Waals surface area (Å²) < 4.78 is 26.9. The normalized spacial score (nSPS) is 13.9. The maximum absolute atomic E-state index is 15.0. The van der Waals surface area contributed by atoms with Gasteiger partial charge in [0.25, 0.3) is 0 Å². The summed E-state index contributed by atoms with van der Waals surface area (Å²) >= 11 is 0. The molecule has 0 unspecified atom stereocenters. The van der Waals surface area contributed by atoms with Crippen LogP contribution in [0.4, 0.5) is 4.39 Å². The number of nitriles is 1. The molecular formula is C29H25FN2O4. The Morgan fingerprint density at radius 1 is 1.25 bits per heavy atom. The number of aryl methyl sites for hydroxylation is 1. The molecule has 0 saturated heterocycles. The van der Waals surface area contributed by atoms with Crippen molar-refractivity contribution >= 4 is 27.6 Å². The van der Waals surface area contributed by atoms with E-state index in [0.29, 0.717) is 50.9 Å². The number of benzene rings is 3. The number of aromatic nitrogens is 1. The largest absolute Gasteiger partial charge is 0.493 e. The van der Waals surface area contributed by atoms with E-state index < -0.39 is 23.5 Å². The molecule has 7 heteroatoms. The van der Waals surface area contributed by atoms with Gasteiger partial charge in [-0.2, -0.15) is 5.26 Å². The first-order chi connectivity index (χ1) is 17.1. The average Bonchev–Trinajstić information content (AvgIpc) is 2.82. The topological polar surface area (TPSA) is 92.4 Å². The molecule has 0 spiro atoms. The van der Waals surface area contributed by atoms with E-state index in [1.165, 1.54) is 12.1 Å². The van der Waals surface area contributed by atoms with Crippen LogP contribution in [0.2, 0.25) is 0 Å². The molecule has 3 aromatic carbocycles. The summed E-state index contributed by atoms with van der Waals surface area (Å²) in [6, 6.07) is 12.1. The second-order valence-electron chi connectivity index (χ2n) is 10.00. The van der Waals surface area contributed by atoms with Gasteiger partial charge in [-0.15, -0.1) is 0 Å². The zero-order valence-electron chi connectivity index (χ0n) is 20.5. The first-order valence-corrected chi connectivity index (χ1v) is 11.7. The van der Waals surface area contributed by atoms with Gasteiger partial charge in [-0.25, -0.2) is 9.18 Å². The first kappa shape index (κ1) is 23.7. The number of hydrogen-bond donors (Lipinski definition) is 1. The second-order valence-corrected chi connectivity index (χ2v) is 10.00. The van der Waals surface area contributed by atoms with Gasteiger partial charge in [0.2, 0.25) is 0 Å². The van der Waals surface area contributed by atoms with E-state index in [2.05, 4.69) is 4.98 Å². The lowest BCUT2D eigenvalue weighted by molar-refractivity contribution is -0.160. The Kier molecular flexibility index (Phi) is 5.65. The molecule has 5 rings (SSSR count). The Labute approximate surface area is 207 Å². The quantitative estimate of drug-likeness (QED) is 0.368. The van der Waals surface area contributed by atoms with Crippen molar-refractivity contribution in [1.82, 2.24) is 4.98 Å². The van der Waals surface area contributed by atoms with Crippen molar-refractivity contribution < 1.29 is 23.8 Å². The van der Waals surface area contributed by atoms with Crippen molar-refractivity contribution in [1.29, 1.82) is 5.26 Å². The third-order valence-electron chi connectivity index (χ3n) is 6.39. The fourth-order valence-corrected chi connectivity index (χ4v) is 4.98. The SMILES string of the molecule is Cc1cc2cc(C#N)c(F)cc2c(-c2ccc3c4c(ccnc24)CCO3)c1[C@@H](OC(C)(C)C)C(=O)O. The smallest absolute Gasteiger partial charge is 0.337 e. The number of fused-ring (bicyclic) bond motifs is 1. The van der Waals surface area contributed by atoms with Gasteiger partial charge in [0.05, 0.1) is 23.3 Å². The van der Waals surface area contributed by atoms with E-state index in [1.54, 1.807) is 40.0 Å². The van der Waals surface area contributed by atoms with E-state index in [4.69, 9.17) is 9.47 Å². The zero-order valence-corrected chi connectivity index (χ0v) is 20.5. The number of pyridine rings is 1. The number of halogens is 1. The Balaban J connectivity index is 1.95. The van der Waals surface area contributed by atoms with Crippen LogP contribution in [0.5, 0.6) is 5.75 Å². The standard InChI is InChI=1S/C29H25FN2O4/c1-15-11-17-12-18(14-31)21(30)13-20(17)25(23(15)27(28(33)34)36-29(2,3)4)19-5-6-22-24-16(8-10-35-22)7-9-32-26(19)24/h5-7,9,11-13,27H,8,10H2,1-4H3,(H,33,34)/t27-/m1/s1. The maximum atomic E-state index is 15.0. The zero-order chi connectivity index (χ0) is 25.8. The predicted molar refractivity (Wildman–Crippen MR) is 135 cm³/mol. The highest BCUT2D eigenvalue weighted by Crippen LogP contribution is 2.45. The fourth-order valence-electron chi connectivity index (χ4n) is 4.98. The van der Waals surface area contributed by atoms with Crippen LogP contribution in [0, 0.1) is 24.1 Å². The molecule has 0 fully saturated rings. The molecule has 0 radical (unpaired) electrons. The van der Waals surface area contributed by atoms with Gasteiger partial charge >= 0.3 is 5.97 Å². The van der Waals surface area contributed by atoms with E-state index in [-0.39, 0.29) is 5.56 Å². The highest BCUT2D eigenvalue weighted by Gasteiger charge is 2.33. The minimum Gasteiger partial charge on any atom is -0.493 e. The molecule has 6 nitrogen and oxygen atoms in total. The van der Waals surface area contributed by atoms with E-state index in [9.17, 15) is 19.6 Å². The minimum absolute atomic E-state index is 0.0789. The van der Waals surface area contributed by atoms with Crippen molar-refractivity contribution in [3.63, 3.8) is 0 Å². The monoisotopic (exact) mass is 484 g/mol. The maximum Gasteiger partial charge on any atom is 0.337 e. The second kappa shape index (κ2) is 8.58. The third kappa shape index (κ3) is 3.94. The molecule has 2 heterocycles. The van der Waals surface area contributed by atoms with Gasteiger partial charge in [0.1, 0.15) is 17.6 Å². The van der Waals surface area contributed by atoms with Crippen molar-refractivity contribution in [2.75, 3.05) is 6.61 Å². The van der Waals surface area contributed by atoms with Crippen LogP contribution in [-0.2, 0) is 16.0 Å². The molecular weight excluding hydrogens is 459 g/mol. The van der Waals surface area contributed by atoms with E-state index in [1.807, 2.05) is 24.3 Å². The van der Waals surface area contributed by atoms with Crippen LogP contribution in [0.25, 0.3) is 32.8 Å². The highest BCUT2D eigenvalue weighted by molar-refractivity contribution is 6.09. The molecule has 0 aliphatic carbocycles. The number of rotatable bonds is 4. The first-order valence-electron chi connectivity index (χ1n) is 11.7. The van der Waals surface area contributed by atoms with Crippen LogP contribution in [0.1, 0.15) is 49.1 Å². The summed E-state index contributed by atoms with van der Waals surface area (Å²) in [5.41, 5.74) is 3.13. The Morgan fingerprint density at radius 3 is 2.72 bits per heavy atom. The predicted octanol–water partition coefficient (Wildman–Crippen LogP) is 6.25. The summed E-state index contributed by atoms with van der Waals surface area (Å²) in [5, 5.41) is 21.6. The molecule has 1 aliphatic rings. The molecule has 182 valence electrons. The number of aliphatic carboxylic acids is 1. The van der Waals surface area contributed by atoms with Crippen LogP contribution in [0.3, 0.4) is 0 Å². The van der Waals surface area contributed by atoms with Crippen LogP contribution >= 0.6 is 0 Å². The number of carbonyl (C=O) groups is 1. The Morgan fingerprint density at radius 2 is 2.03 bits per heavy atom. The molecule has 1 atom stereocenters. The molecule has 1 aromatic heterocycles. The summed E-state index contributed by atoms with van der Waals surface area (Å²) in [6.45, 7) is 7.74. The highest BCUT2D eigenvalue weighted by atomic mass is 19.1. The summed E-state index contributed by atoms with van der Waals surface area (Å²) in [7, 11) is 0. The molecule has 1 aliphatic heterocycles. The van der Waals surface area contributed by atoms with E-state index in [0.717, 1.165) is 17.4 Å². The minimum atomic E-state index is -1.31. The van der Waals surface area contributed by atoms with Gasteiger partial charge in [0.15, 0.2) is 6.10 Å². The molecule has 0 saturated carbocycles. The lowest BCUT2D eigenvalue weighted by Crippen LogP contribution is -2.28. The van der Waals surface area contributed by atoms with E-state index >= 15 is 0 Å². The molecule has 0 amide bonds. The van der Waals surface area contributed by atoms with Crippen molar-refractivity contribution in [3.05, 3.63) is 70.7 Å². The molecule has 1 N–H and O–H groups in total. The lowest BCUT2D eigenvalue weighted by Gasteiger charge is -2.29.